The summed E-state index contributed by atoms with van der Waals surface area (Å²) in [7, 11) is 0. The van der Waals surface area contributed by atoms with E-state index in [-0.39, 0.29) is 42.2 Å². The fraction of sp³-hybridized carbons (Fsp3) is 0.533. The number of rotatable bonds is 3. The summed E-state index contributed by atoms with van der Waals surface area (Å²) in [6.45, 7) is 5.12. The molecule has 1 aliphatic heterocycles. The third-order valence-corrected chi connectivity index (χ3v) is 3.78. The highest BCUT2D eigenvalue weighted by Gasteiger charge is 2.29. The Balaban J connectivity index is 0.00000220. The van der Waals surface area contributed by atoms with Gasteiger partial charge >= 0.3 is 0 Å². The average molecular weight is 317 g/mol. The predicted molar refractivity (Wildman–Crippen MR) is 81.7 cm³/mol. The van der Waals surface area contributed by atoms with Crippen molar-refractivity contribution >= 4 is 18.3 Å². The van der Waals surface area contributed by atoms with Gasteiger partial charge in [-0.15, -0.1) is 12.4 Å². The first-order valence-electron chi connectivity index (χ1n) is 6.90. The molecule has 0 aromatic heterocycles. The third kappa shape index (κ3) is 4.40. The van der Waals surface area contributed by atoms with Gasteiger partial charge in [-0.1, -0.05) is 19.1 Å². The van der Waals surface area contributed by atoms with Crippen molar-refractivity contribution in [1.82, 2.24) is 4.90 Å². The van der Waals surface area contributed by atoms with Crippen molar-refractivity contribution in [3.63, 3.8) is 0 Å². The lowest BCUT2D eigenvalue weighted by Crippen LogP contribution is -2.47. The van der Waals surface area contributed by atoms with Crippen molar-refractivity contribution in [2.24, 2.45) is 11.7 Å². The van der Waals surface area contributed by atoms with E-state index in [0.717, 1.165) is 5.56 Å². The number of amides is 1. The Kier molecular flexibility index (Phi) is 6.58. The summed E-state index contributed by atoms with van der Waals surface area (Å²) < 4.78 is 18.9. The van der Waals surface area contributed by atoms with Gasteiger partial charge in [0.2, 0.25) is 5.91 Å². The van der Waals surface area contributed by atoms with Crippen LogP contribution in [0.4, 0.5) is 4.39 Å². The molecule has 3 unspecified atom stereocenters. The highest BCUT2D eigenvalue weighted by molar-refractivity contribution is 5.85. The second kappa shape index (κ2) is 7.73. The molecule has 1 aromatic carbocycles. The van der Waals surface area contributed by atoms with Gasteiger partial charge in [0, 0.05) is 12.6 Å². The maximum Gasteiger partial charge on any atom is 0.227 e. The fourth-order valence-corrected chi connectivity index (χ4v) is 2.27. The molecule has 0 saturated carbocycles. The van der Waals surface area contributed by atoms with Gasteiger partial charge in [-0.3, -0.25) is 4.79 Å². The maximum absolute atomic E-state index is 13.3. The SMILES string of the molecule is CC(N)C(C)C(=O)N1CCOC(c2cccc(F)c2)C1.Cl. The van der Waals surface area contributed by atoms with E-state index in [1.807, 2.05) is 19.9 Å². The average Bonchev–Trinajstić information content (AvgIpc) is 2.45. The van der Waals surface area contributed by atoms with Crippen LogP contribution < -0.4 is 5.73 Å². The van der Waals surface area contributed by atoms with E-state index in [1.165, 1.54) is 12.1 Å². The molecule has 4 nitrogen and oxygen atoms in total. The van der Waals surface area contributed by atoms with Gasteiger partial charge in [-0.25, -0.2) is 4.39 Å². The number of ether oxygens (including phenoxy) is 1. The first-order chi connectivity index (χ1) is 9.49. The molecule has 1 fully saturated rings. The standard InChI is InChI=1S/C15H21FN2O2.ClH/c1-10(11(2)17)15(19)18-6-7-20-14(9-18)12-4-3-5-13(16)8-12;/h3-5,8,10-11,14H,6-7,9,17H2,1-2H3;1H. The smallest absolute Gasteiger partial charge is 0.227 e. The minimum absolute atomic E-state index is 0. The summed E-state index contributed by atoms with van der Waals surface area (Å²) in [5, 5.41) is 0. The monoisotopic (exact) mass is 316 g/mol. The number of benzene rings is 1. The van der Waals surface area contributed by atoms with Crippen molar-refractivity contribution in [1.29, 1.82) is 0 Å². The zero-order valence-electron chi connectivity index (χ0n) is 12.3. The van der Waals surface area contributed by atoms with E-state index in [1.54, 1.807) is 11.0 Å². The van der Waals surface area contributed by atoms with Crippen molar-refractivity contribution in [2.45, 2.75) is 26.0 Å². The van der Waals surface area contributed by atoms with Gasteiger partial charge in [0.15, 0.2) is 0 Å². The molecule has 0 spiro atoms. The van der Waals surface area contributed by atoms with Crippen LogP contribution in [0.15, 0.2) is 24.3 Å². The van der Waals surface area contributed by atoms with Crippen LogP contribution in [0.5, 0.6) is 0 Å². The van der Waals surface area contributed by atoms with Gasteiger partial charge in [0.05, 0.1) is 19.1 Å². The van der Waals surface area contributed by atoms with Gasteiger partial charge in [-0.05, 0) is 24.6 Å². The van der Waals surface area contributed by atoms with Crippen molar-refractivity contribution in [2.75, 3.05) is 19.7 Å². The Morgan fingerprint density at radius 1 is 1.48 bits per heavy atom. The molecule has 2 N–H and O–H groups in total. The number of nitrogens with zero attached hydrogens (tertiary/aromatic N) is 1. The molecular formula is C15H22ClFN2O2. The zero-order valence-corrected chi connectivity index (χ0v) is 13.1. The molecular weight excluding hydrogens is 295 g/mol. The van der Waals surface area contributed by atoms with Crippen molar-refractivity contribution in [3.8, 4) is 0 Å². The number of hydrogen-bond acceptors (Lipinski definition) is 3. The lowest BCUT2D eigenvalue weighted by molar-refractivity contribution is -0.143. The molecule has 0 bridgehead atoms. The molecule has 3 atom stereocenters. The van der Waals surface area contributed by atoms with E-state index >= 15 is 0 Å². The zero-order chi connectivity index (χ0) is 14.7. The molecule has 6 heteroatoms. The van der Waals surface area contributed by atoms with E-state index in [0.29, 0.717) is 19.7 Å². The molecule has 0 radical (unpaired) electrons. The first-order valence-corrected chi connectivity index (χ1v) is 6.90. The molecule has 1 heterocycles. The van der Waals surface area contributed by atoms with E-state index in [4.69, 9.17) is 10.5 Å². The number of carbonyl (C=O) groups is 1. The van der Waals surface area contributed by atoms with Crippen LogP contribution in [0.2, 0.25) is 0 Å². The Morgan fingerprint density at radius 2 is 2.19 bits per heavy atom. The quantitative estimate of drug-likeness (QED) is 0.929. The Morgan fingerprint density at radius 3 is 2.81 bits per heavy atom. The summed E-state index contributed by atoms with van der Waals surface area (Å²) >= 11 is 0. The summed E-state index contributed by atoms with van der Waals surface area (Å²) in [5.41, 5.74) is 6.54. The topological polar surface area (TPSA) is 55.6 Å². The molecule has 1 aromatic rings. The fourth-order valence-electron chi connectivity index (χ4n) is 2.27. The van der Waals surface area contributed by atoms with Crippen LogP contribution in [0.25, 0.3) is 0 Å². The van der Waals surface area contributed by atoms with Crippen LogP contribution in [-0.2, 0) is 9.53 Å². The number of carbonyl (C=O) groups excluding carboxylic acids is 1. The molecule has 1 saturated heterocycles. The normalized spacial score (nSPS) is 21.3. The van der Waals surface area contributed by atoms with E-state index < -0.39 is 0 Å². The predicted octanol–water partition coefficient (Wildman–Crippen LogP) is 2.13. The minimum Gasteiger partial charge on any atom is -0.370 e. The Bertz CT molecular complexity index is 484. The van der Waals surface area contributed by atoms with Crippen molar-refractivity contribution < 1.29 is 13.9 Å². The second-order valence-electron chi connectivity index (χ2n) is 5.35. The second-order valence-corrected chi connectivity index (χ2v) is 5.35. The van der Waals surface area contributed by atoms with Crippen LogP contribution in [0.1, 0.15) is 25.5 Å². The largest absolute Gasteiger partial charge is 0.370 e. The lowest BCUT2D eigenvalue weighted by Gasteiger charge is -2.35. The first kappa shape index (κ1) is 17.9. The molecule has 2 rings (SSSR count). The molecule has 0 aliphatic carbocycles. The maximum atomic E-state index is 13.3. The molecule has 1 amide bonds. The number of morpholine rings is 1. The number of hydrogen-bond donors (Lipinski definition) is 1. The number of halogens is 2. The highest BCUT2D eigenvalue weighted by Crippen LogP contribution is 2.24. The molecule has 118 valence electrons. The van der Waals surface area contributed by atoms with Gasteiger partial charge in [-0.2, -0.15) is 0 Å². The van der Waals surface area contributed by atoms with E-state index in [2.05, 4.69) is 0 Å². The minimum atomic E-state index is -0.293. The third-order valence-electron chi connectivity index (χ3n) is 3.78. The van der Waals surface area contributed by atoms with Gasteiger partial charge in [0.25, 0.3) is 0 Å². The van der Waals surface area contributed by atoms with Crippen molar-refractivity contribution in [3.05, 3.63) is 35.6 Å². The Labute approximate surface area is 130 Å². The van der Waals surface area contributed by atoms with Crippen LogP contribution >= 0.6 is 12.4 Å². The molecule has 21 heavy (non-hydrogen) atoms. The molecule has 1 aliphatic rings. The van der Waals surface area contributed by atoms with Crippen LogP contribution in [0, 0.1) is 11.7 Å². The summed E-state index contributed by atoms with van der Waals surface area (Å²) in [6, 6.07) is 6.13. The Hall–Kier alpha value is -1.17. The highest BCUT2D eigenvalue weighted by atomic mass is 35.5. The van der Waals surface area contributed by atoms with Crippen LogP contribution in [0.3, 0.4) is 0 Å². The lowest BCUT2D eigenvalue weighted by atomic mass is 10.0. The summed E-state index contributed by atoms with van der Waals surface area (Å²) in [5.74, 6) is -0.482. The van der Waals surface area contributed by atoms with E-state index in [9.17, 15) is 9.18 Å². The summed E-state index contributed by atoms with van der Waals surface area (Å²) in [4.78, 5) is 14.1. The van der Waals surface area contributed by atoms with Crippen LogP contribution in [-0.4, -0.2) is 36.5 Å². The number of nitrogens with two attached hydrogens (primary N) is 1. The summed E-state index contributed by atoms with van der Waals surface area (Å²) in [6.07, 6.45) is -0.274. The van der Waals surface area contributed by atoms with Gasteiger partial charge < -0.3 is 15.4 Å². The van der Waals surface area contributed by atoms with Gasteiger partial charge in [0.1, 0.15) is 11.9 Å².